The fourth-order valence-corrected chi connectivity index (χ4v) is 1.44. The van der Waals surface area contributed by atoms with E-state index in [1.54, 1.807) is 18.2 Å². The molecule has 0 bridgehead atoms. The van der Waals surface area contributed by atoms with Crippen molar-refractivity contribution >= 4 is 11.9 Å². The lowest BCUT2D eigenvalue weighted by Crippen LogP contribution is -2.06. The van der Waals surface area contributed by atoms with Gasteiger partial charge in [-0.2, -0.15) is 0 Å². The number of carbonyl (C=O) groups excluding carboxylic acids is 2. The lowest BCUT2D eigenvalue weighted by molar-refractivity contribution is -0.139. The average molecular weight is 278 g/mol. The Hall–Kier alpha value is -2.30. The smallest absolute Gasteiger partial charge is 0.341 e. The summed E-state index contributed by atoms with van der Waals surface area (Å²) in [7, 11) is 0. The van der Waals surface area contributed by atoms with Gasteiger partial charge in [0.1, 0.15) is 17.9 Å². The molecule has 20 heavy (non-hydrogen) atoms. The average Bonchev–Trinajstić information content (AvgIpc) is 2.41. The maximum Gasteiger partial charge on any atom is 0.341 e. The standard InChI is InChI=1S/C15H18O5/c1-12(16)19-10-6-2-3-7-11-20-15(18)13-8-4-5-9-14(13)17/h2,4-6,8-9,17H,3,7,10-11H2,1H3/b6-2+. The van der Waals surface area contributed by atoms with Gasteiger partial charge in [0.15, 0.2) is 0 Å². The molecule has 1 N–H and O–H groups in total. The molecule has 0 aliphatic heterocycles. The summed E-state index contributed by atoms with van der Waals surface area (Å²) in [6.45, 7) is 1.88. The number of hydrogen-bond donors (Lipinski definition) is 1. The molecule has 1 aromatic rings. The molecule has 5 nitrogen and oxygen atoms in total. The summed E-state index contributed by atoms with van der Waals surface area (Å²) in [5, 5.41) is 9.47. The summed E-state index contributed by atoms with van der Waals surface area (Å²) in [6, 6.07) is 6.25. The van der Waals surface area contributed by atoms with E-state index in [0.717, 1.165) is 6.42 Å². The molecule has 0 radical (unpaired) electrons. The fourth-order valence-electron chi connectivity index (χ4n) is 1.44. The number of phenols is 1. The third-order valence-electron chi connectivity index (χ3n) is 2.42. The third-order valence-corrected chi connectivity index (χ3v) is 2.42. The quantitative estimate of drug-likeness (QED) is 0.471. The van der Waals surface area contributed by atoms with Crippen LogP contribution >= 0.6 is 0 Å². The highest BCUT2D eigenvalue weighted by molar-refractivity contribution is 5.92. The molecule has 0 aromatic heterocycles. The molecule has 108 valence electrons. The number of benzene rings is 1. The molecular weight excluding hydrogens is 260 g/mol. The first-order valence-electron chi connectivity index (χ1n) is 6.34. The number of unbranched alkanes of at least 4 members (excludes halogenated alkanes) is 1. The molecule has 0 heterocycles. The number of ether oxygens (including phenoxy) is 2. The number of phenolic OH excluding ortho intramolecular Hbond substituents is 1. The second kappa shape index (κ2) is 8.74. The van der Waals surface area contributed by atoms with Crippen LogP contribution in [0.4, 0.5) is 0 Å². The topological polar surface area (TPSA) is 72.8 Å². The predicted octanol–water partition coefficient (Wildman–Crippen LogP) is 2.45. The molecule has 0 spiro atoms. The molecule has 0 saturated carbocycles. The number of esters is 2. The first kappa shape index (κ1) is 15.8. The number of carbonyl (C=O) groups is 2. The molecular formula is C15H18O5. The van der Waals surface area contributed by atoms with E-state index in [9.17, 15) is 14.7 Å². The van der Waals surface area contributed by atoms with Gasteiger partial charge < -0.3 is 14.6 Å². The molecule has 5 heteroatoms. The van der Waals surface area contributed by atoms with Gasteiger partial charge >= 0.3 is 11.9 Å². The lowest BCUT2D eigenvalue weighted by atomic mass is 10.2. The Bertz CT molecular complexity index is 479. The van der Waals surface area contributed by atoms with E-state index in [-0.39, 0.29) is 30.5 Å². The van der Waals surface area contributed by atoms with Crippen LogP contribution in [0.2, 0.25) is 0 Å². The Morgan fingerprint density at radius 1 is 1.20 bits per heavy atom. The highest BCUT2D eigenvalue weighted by Crippen LogP contribution is 2.16. The van der Waals surface area contributed by atoms with Gasteiger partial charge in [-0.3, -0.25) is 4.79 Å². The van der Waals surface area contributed by atoms with Crippen molar-refractivity contribution in [3.05, 3.63) is 42.0 Å². The maximum atomic E-state index is 11.6. The zero-order valence-electron chi connectivity index (χ0n) is 11.4. The van der Waals surface area contributed by atoms with Crippen LogP contribution in [0.25, 0.3) is 0 Å². The van der Waals surface area contributed by atoms with E-state index >= 15 is 0 Å². The van der Waals surface area contributed by atoms with Crippen LogP contribution in [0.15, 0.2) is 36.4 Å². The van der Waals surface area contributed by atoms with Gasteiger partial charge in [-0.15, -0.1) is 0 Å². The summed E-state index contributed by atoms with van der Waals surface area (Å²) in [5.41, 5.74) is 0.165. The Labute approximate surface area is 117 Å². The van der Waals surface area contributed by atoms with E-state index in [0.29, 0.717) is 6.42 Å². The number of rotatable bonds is 7. The van der Waals surface area contributed by atoms with Crippen molar-refractivity contribution in [1.82, 2.24) is 0 Å². The number of hydrogen-bond acceptors (Lipinski definition) is 5. The van der Waals surface area contributed by atoms with Crippen LogP contribution in [0.5, 0.6) is 5.75 Å². The van der Waals surface area contributed by atoms with Gasteiger partial charge in [0, 0.05) is 6.92 Å². The predicted molar refractivity (Wildman–Crippen MR) is 73.4 cm³/mol. The van der Waals surface area contributed by atoms with E-state index < -0.39 is 5.97 Å². The highest BCUT2D eigenvalue weighted by atomic mass is 16.5. The molecule has 1 rings (SSSR count). The molecule has 0 amide bonds. The Kier molecular flexibility index (Phi) is 6.89. The third kappa shape index (κ3) is 6.04. The summed E-state index contributed by atoms with van der Waals surface area (Å²) in [6.07, 6.45) is 4.98. The zero-order chi connectivity index (χ0) is 14.8. The highest BCUT2D eigenvalue weighted by Gasteiger charge is 2.10. The Balaban J connectivity index is 2.17. The second-order valence-electron chi connectivity index (χ2n) is 4.07. The van der Waals surface area contributed by atoms with Crippen molar-refractivity contribution in [3.8, 4) is 5.75 Å². The fraction of sp³-hybridized carbons (Fsp3) is 0.333. The minimum atomic E-state index is -0.535. The van der Waals surface area contributed by atoms with E-state index in [4.69, 9.17) is 9.47 Å². The molecule has 0 aliphatic carbocycles. The molecule has 0 atom stereocenters. The molecule has 0 saturated heterocycles. The van der Waals surface area contributed by atoms with Gasteiger partial charge in [-0.1, -0.05) is 24.3 Å². The molecule has 0 unspecified atom stereocenters. The minimum Gasteiger partial charge on any atom is -0.507 e. The van der Waals surface area contributed by atoms with E-state index in [2.05, 4.69) is 0 Å². The van der Waals surface area contributed by atoms with Crippen LogP contribution in [0.3, 0.4) is 0 Å². The van der Waals surface area contributed by atoms with Crippen molar-refractivity contribution < 1.29 is 24.2 Å². The van der Waals surface area contributed by atoms with Crippen molar-refractivity contribution in [1.29, 1.82) is 0 Å². The van der Waals surface area contributed by atoms with Crippen LogP contribution < -0.4 is 0 Å². The SMILES string of the molecule is CC(=O)OC/C=C/CCCOC(=O)c1ccccc1O. The summed E-state index contributed by atoms with van der Waals surface area (Å²) < 4.78 is 9.75. The Morgan fingerprint density at radius 2 is 1.95 bits per heavy atom. The first-order valence-corrected chi connectivity index (χ1v) is 6.34. The van der Waals surface area contributed by atoms with Crippen LogP contribution in [-0.2, 0) is 14.3 Å². The number of allylic oxidation sites excluding steroid dienone is 1. The summed E-state index contributed by atoms with van der Waals surface area (Å²) in [4.78, 5) is 22.1. The minimum absolute atomic E-state index is 0.0845. The van der Waals surface area contributed by atoms with Crippen molar-refractivity contribution in [2.75, 3.05) is 13.2 Å². The lowest BCUT2D eigenvalue weighted by Gasteiger charge is -2.05. The monoisotopic (exact) mass is 278 g/mol. The summed E-state index contributed by atoms with van der Waals surface area (Å²) in [5.74, 6) is -0.933. The Morgan fingerprint density at radius 3 is 2.65 bits per heavy atom. The number of aromatic hydroxyl groups is 1. The van der Waals surface area contributed by atoms with Crippen LogP contribution in [0.1, 0.15) is 30.1 Å². The van der Waals surface area contributed by atoms with Crippen LogP contribution in [0, 0.1) is 0 Å². The van der Waals surface area contributed by atoms with Gasteiger partial charge in [0.25, 0.3) is 0 Å². The van der Waals surface area contributed by atoms with E-state index in [1.165, 1.54) is 19.1 Å². The van der Waals surface area contributed by atoms with Gasteiger partial charge in [-0.05, 0) is 25.0 Å². The van der Waals surface area contributed by atoms with Crippen LogP contribution in [-0.4, -0.2) is 30.3 Å². The molecule has 0 aliphatic rings. The molecule has 0 fully saturated rings. The first-order chi connectivity index (χ1) is 9.61. The number of para-hydroxylation sites is 1. The van der Waals surface area contributed by atoms with E-state index in [1.807, 2.05) is 6.08 Å². The van der Waals surface area contributed by atoms with Gasteiger partial charge in [0.05, 0.1) is 6.61 Å². The van der Waals surface area contributed by atoms with Crippen molar-refractivity contribution in [2.24, 2.45) is 0 Å². The van der Waals surface area contributed by atoms with Crippen molar-refractivity contribution in [2.45, 2.75) is 19.8 Å². The van der Waals surface area contributed by atoms with Gasteiger partial charge in [0.2, 0.25) is 0 Å². The zero-order valence-corrected chi connectivity index (χ0v) is 11.4. The maximum absolute atomic E-state index is 11.6. The molecule has 1 aromatic carbocycles. The summed E-state index contributed by atoms with van der Waals surface area (Å²) >= 11 is 0. The van der Waals surface area contributed by atoms with Gasteiger partial charge in [-0.25, -0.2) is 4.79 Å². The normalized spacial score (nSPS) is 10.4. The largest absolute Gasteiger partial charge is 0.507 e. The van der Waals surface area contributed by atoms with Crippen molar-refractivity contribution in [3.63, 3.8) is 0 Å². The second-order valence-corrected chi connectivity index (χ2v) is 4.07.